The van der Waals surface area contributed by atoms with E-state index in [-0.39, 0.29) is 0 Å². The zero-order valence-corrected chi connectivity index (χ0v) is 9.59. The molecule has 1 aromatic carbocycles. The van der Waals surface area contributed by atoms with E-state index in [0.717, 1.165) is 35.8 Å². The highest BCUT2D eigenvalue weighted by Gasteiger charge is 2.12. The van der Waals surface area contributed by atoms with Gasteiger partial charge in [-0.05, 0) is 36.6 Å². The molecule has 3 nitrogen and oxygen atoms in total. The Hall–Kier alpha value is -1.55. The average molecular weight is 232 g/mol. The van der Waals surface area contributed by atoms with Crippen LogP contribution in [-0.2, 0) is 6.42 Å². The molecule has 0 atom stereocenters. The summed E-state index contributed by atoms with van der Waals surface area (Å²) in [5, 5.41) is 2.84. The zero-order valence-electron chi connectivity index (χ0n) is 8.77. The van der Waals surface area contributed by atoms with E-state index in [4.69, 9.17) is 10.5 Å². The van der Waals surface area contributed by atoms with Crippen molar-refractivity contribution in [1.29, 1.82) is 0 Å². The van der Waals surface area contributed by atoms with Crippen molar-refractivity contribution in [2.24, 2.45) is 0 Å². The van der Waals surface area contributed by atoms with Gasteiger partial charge in [-0.15, -0.1) is 11.3 Å². The van der Waals surface area contributed by atoms with Gasteiger partial charge in [-0.2, -0.15) is 0 Å². The first kappa shape index (κ1) is 9.66. The van der Waals surface area contributed by atoms with Crippen molar-refractivity contribution in [3.8, 4) is 16.3 Å². The lowest BCUT2D eigenvalue weighted by Gasteiger charge is -2.17. The Bertz CT molecular complexity index is 521. The highest BCUT2D eigenvalue weighted by Crippen LogP contribution is 2.31. The van der Waals surface area contributed by atoms with E-state index < -0.39 is 0 Å². The number of nitrogens with two attached hydrogens (primary N) is 1. The lowest BCUT2D eigenvalue weighted by atomic mass is 10.0. The van der Waals surface area contributed by atoms with Crippen LogP contribution < -0.4 is 10.5 Å². The molecule has 82 valence electrons. The smallest absolute Gasteiger partial charge is 0.135 e. The van der Waals surface area contributed by atoms with Gasteiger partial charge in [0.15, 0.2) is 0 Å². The molecule has 1 aromatic heterocycles. The molecule has 16 heavy (non-hydrogen) atoms. The molecule has 0 bridgehead atoms. The molecule has 0 fully saturated rings. The van der Waals surface area contributed by atoms with Gasteiger partial charge in [-0.1, -0.05) is 0 Å². The predicted molar refractivity (Wildman–Crippen MR) is 65.8 cm³/mol. The summed E-state index contributed by atoms with van der Waals surface area (Å²) in [6, 6.07) is 6.23. The minimum absolute atomic E-state index is 0.592. The van der Waals surface area contributed by atoms with E-state index >= 15 is 0 Å². The fourth-order valence-corrected chi connectivity index (χ4v) is 2.62. The third kappa shape index (κ3) is 1.65. The molecule has 3 rings (SSSR count). The summed E-state index contributed by atoms with van der Waals surface area (Å²) in [4.78, 5) is 4.29. The highest BCUT2D eigenvalue weighted by atomic mass is 32.1. The number of benzene rings is 1. The van der Waals surface area contributed by atoms with Crippen LogP contribution >= 0.6 is 11.3 Å². The van der Waals surface area contributed by atoms with Crippen molar-refractivity contribution >= 4 is 17.2 Å². The van der Waals surface area contributed by atoms with Gasteiger partial charge in [0, 0.05) is 10.9 Å². The molecule has 2 aromatic rings. The molecular weight excluding hydrogens is 220 g/mol. The summed E-state index contributed by atoms with van der Waals surface area (Å²) in [6.45, 7) is 0.830. The van der Waals surface area contributed by atoms with Gasteiger partial charge in [0.05, 0.1) is 6.61 Å². The fourth-order valence-electron chi connectivity index (χ4n) is 1.91. The van der Waals surface area contributed by atoms with Crippen molar-refractivity contribution in [3.63, 3.8) is 0 Å². The van der Waals surface area contributed by atoms with Crippen LogP contribution in [0.25, 0.3) is 10.6 Å². The van der Waals surface area contributed by atoms with Gasteiger partial charge < -0.3 is 10.5 Å². The Morgan fingerprint density at radius 3 is 3.12 bits per heavy atom. The minimum atomic E-state index is 0.592. The van der Waals surface area contributed by atoms with Crippen LogP contribution in [0.2, 0.25) is 0 Å². The Balaban J connectivity index is 2.02. The Morgan fingerprint density at radius 2 is 2.31 bits per heavy atom. The van der Waals surface area contributed by atoms with E-state index in [2.05, 4.69) is 11.1 Å². The first-order valence-electron chi connectivity index (χ1n) is 5.30. The molecule has 0 unspecified atom stereocenters. The standard InChI is InChI=1S/C12H12N2OS/c13-11-7-16-12(14-11)9-3-4-10-8(6-9)2-1-5-15-10/h3-4,6-7H,1-2,5,13H2. The van der Waals surface area contributed by atoms with Gasteiger partial charge in [0.1, 0.15) is 16.6 Å². The number of aryl methyl sites for hydroxylation is 1. The SMILES string of the molecule is Nc1csc(-c2ccc3c(c2)CCCO3)n1. The molecule has 2 heterocycles. The van der Waals surface area contributed by atoms with Gasteiger partial charge in [-0.25, -0.2) is 4.98 Å². The predicted octanol–water partition coefficient (Wildman–Crippen LogP) is 2.72. The number of rotatable bonds is 1. The van der Waals surface area contributed by atoms with E-state index in [1.165, 1.54) is 5.56 Å². The molecule has 0 radical (unpaired) electrons. The summed E-state index contributed by atoms with van der Waals surface area (Å²) in [5.41, 5.74) is 8.03. The zero-order chi connectivity index (χ0) is 11.0. The van der Waals surface area contributed by atoms with Crippen molar-refractivity contribution in [3.05, 3.63) is 29.1 Å². The molecule has 1 aliphatic heterocycles. The van der Waals surface area contributed by atoms with Gasteiger partial charge >= 0.3 is 0 Å². The van der Waals surface area contributed by atoms with Crippen molar-refractivity contribution in [1.82, 2.24) is 4.98 Å². The Labute approximate surface area is 97.9 Å². The molecule has 0 amide bonds. The monoisotopic (exact) mass is 232 g/mol. The lowest BCUT2D eigenvalue weighted by molar-refractivity contribution is 0.288. The molecule has 2 N–H and O–H groups in total. The van der Waals surface area contributed by atoms with Gasteiger partial charge in [0.2, 0.25) is 0 Å². The largest absolute Gasteiger partial charge is 0.493 e. The van der Waals surface area contributed by atoms with Crippen molar-refractivity contribution in [2.75, 3.05) is 12.3 Å². The topological polar surface area (TPSA) is 48.1 Å². The second kappa shape index (κ2) is 3.79. The lowest BCUT2D eigenvalue weighted by Crippen LogP contribution is -2.07. The number of hydrogen-bond acceptors (Lipinski definition) is 4. The number of nitrogens with zero attached hydrogens (tertiary/aromatic N) is 1. The van der Waals surface area contributed by atoms with Crippen molar-refractivity contribution < 1.29 is 4.74 Å². The first-order chi connectivity index (χ1) is 7.83. The number of fused-ring (bicyclic) bond motifs is 1. The summed E-state index contributed by atoms with van der Waals surface area (Å²) >= 11 is 1.58. The average Bonchev–Trinajstić information content (AvgIpc) is 2.75. The Morgan fingerprint density at radius 1 is 1.38 bits per heavy atom. The maximum atomic E-state index is 5.63. The molecular formula is C12H12N2OS. The van der Waals surface area contributed by atoms with Crippen LogP contribution in [0.4, 0.5) is 5.82 Å². The second-order valence-corrected chi connectivity index (χ2v) is 4.71. The number of thiazole rings is 1. The summed E-state index contributed by atoms with van der Waals surface area (Å²) in [7, 11) is 0. The minimum Gasteiger partial charge on any atom is -0.493 e. The number of nitrogen functional groups attached to an aromatic ring is 1. The number of ether oxygens (including phenoxy) is 1. The normalized spacial score (nSPS) is 14.2. The number of hydrogen-bond donors (Lipinski definition) is 1. The van der Waals surface area contributed by atoms with E-state index in [1.54, 1.807) is 11.3 Å². The fraction of sp³-hybridized carbons (Fsp3) is 0.250. The van der Waals surface area contributed by atoms with Gasteiger partial charge in [0.25, 0.3) is 0 Å². The van der Waals surface area contributed by atoms with Crippen LogP contribution in [0, 0.1) is 0 Å². The summed E-state index contributed by atoms with van der Waals surface area (Å²) < 4.78 is 5.58. The number of aromatic nitrogens is 1. The van der Waals surface area contributed by atoms with Crippen LogP contribution in [0.15, 0.2) is 23.6 Å². The quantitative estimate of drug-likeness (QED) is 0.822. The van der Waals surface area contributed by atoms with E-state index in [9.17, 15) is 0 Å². The molecule has 0 saturated heterocycles. The van der Waals surface area contributed by atoms with Crippen LogP contribution in [0.1, 0.15) is 12.0 Å². The van der Waals surface area contributed by atoms with E-state index in [0.29, 0.717) is 5.82 Å². The van der Waals surface area contributed by atoms with Gasteiger partial charge in [-0.3, -0.25) is 0 Å². The molecule has 0 saturated carbocycles. The maximum Gasteiger partial charge on any atom is 0.135 e. The molecule has 0 aliphatic carbocycles. The third-order valence-corrected chi connectivity index (χ3v) is 3.59. The number of anilines is 1. The molecule has 0 spiro atoms. The third-order valence-electron chi connectivity index (χ3n) is 2.68. The maximum absolute atomic E-state index is 5.63. The molecule has 4 heteroatoms. The summed E-state index contributed by atoms with van der Waals surface area (Å²) in [6.07, 6.45) is 2.18. The first-order valence-corrected chi connectivity index (χ1v) is 6.18. The van der Waals surface area contributed by atoms with Crippen LogP contribution in [0.3, 0.4) is 0 Å². The Kier molecular flexibility index (Phi) is 2.29. The summed E-state index contributed by atoms with van der Waals surface area (Å²) in [5.74, 6) is 1.61. The van der Waals surface area contributed by atoms with E-state index in [1.807, 2.05) is 17.5 Å². The van der Waals surface area contributed by atoms with Crippen LogP contribution in [0.5, 0.6) is 5.75 Å². The molecule has 1 aliphatic rings. The second-order valence-electron chi connectivity index (χ2n) is 3.85. The van der Waals surface area contributed by atoms with Crippen LogP contribution in [-0.4, -0.2) is 11.6 Å². The highest BCUT2D eigenvalue weighted by molar-refractivity contribution is 7.13. The van der Waals surface area contributed by atoms with Crippen molar-refractivity contribution in [2.45, 2.75) is 12.8 Å².